The molecule has 0 spiro atoms. The second-order valence-electron chi connectivity index (χ2n) is 4.09. The van der Waals surface area contributed by atoms with E-state index in [1.54, 1.807) is 19.3 Å². The van der Waals surface area contributed by atoms with E-state index in [0.717, 1.165) is 5.56 Å². The average Bonchev–Trinajstić information content (AvgIpc) is 2.27. The third-order valence-corrected chi connectivity index (χ3v) is 2.25. The number of ether oxygens (including phenoxy) is 1. The monoisotopic (exact) mass is 237 g/mol. The maximum absolute atomic E-state index is 11.5. The number of hydrogen-bond donors (Lipinski definition) is 0. The number of rotatable bonds is 5. The molecule has 94 valence electrons. The van der Waals surface area contributed by atoms with Crippen molar-refractivity contribution in [2.24, 2.45) is 0 Å². The van der Waals surface area contributed by atoms with Crippen LogP contribution < -0.4 is 4.90 Å². The Bertz CT molecular complexity index is 363. The largest absolute Gasteiger partial charge is 0.465 e. The lowest BCUT2D eigenvalue weighted by atomic mass is 10.3. The van der Waals surface area contributed by atoms with Crippen molar-refractivity contribution in [2.75, 3.05) is 18.1 Å². The number of anilines is 1. The van der Waals surface area contributed by atoms with Crippen molar-refractivity contribution < 1.29 is 9.53 Å². The van der Waals surface area contributed by atoms with Gasteiger partial charge in [-0.05, 0) is 33.3 Å². The minimum atomic E-state index is -0.259. The Morgan fingerprint density at radius 2 is 2.00 bits per heavy atom. The molecule has 0 unspecified atom stereocenters. The lowest BCUT2D eigenvalue weighted by Gasteiger charge is -2.25. The molecular weight excluding hydrogens is 218 g/mol. The highest BCUT2D eigenvalue weighted by atomic mass is 16.5. The van der Waals surface area contributed by atoms with Crippen LogP contribution in [0.2, 0.25) is 0 Å². The van der Waals surface area contributed by atoms with Gasteiger partial charge in [-0.25, -0.2) is 9.97 Å². The fourth-order valence-corrected chi connectivity index (χ4v) is 1.36. The molecule has 17 heavy (non-hydrogen) atoms. The van der Waals surface area contributed by atoms with E-state index in [-0.39, 0.29) is 18.6 Å². The van der Waals surface area contributed by atoms with Gasteiger partial charge in [0.25, 0.3) is 0 Å². The second-order valence-corrected chi connectivity index (χ2v) is 4.09. The van der Waals surface area contributed by atoms with Crippen molar-refractivity contribution in [3.63, 3.8) is 0 Å². The summed E-state index contributed by atoms with van der Waals surface area (Å²) in [4.78, 5) is 21.7. The summed E-state index contributed by atoms with van der Waals surface area (Å²) in [5.41, 5.74) is 0.994. The highest BCUT2D eigenvalue weighted by Crippen LogP contribution is 2.10. The number of esters is 1. The van der Waals surface area contributed by atoms with Crippen molar-refractivity contribution in [2.45, 2.75) is 33.7 Å². The molecule has 1 heterocycles. The standard InChI is InChI=1S/C12H19N3O2/c1-5-17-11(16)8-15(9(2)3)12-13-6-10(4)7-14-12/h6-7,9H,5,8H2,1-4H3. The van der Waals surface area contributed by atoms with E-state index in [9.17, 15) is 4.79 Å². The van der Waals surface area contributed by atoms with Crippen LogP contribution in [0.15, 0.2) is 12.4 Å². The second kappa shape index (κ2) is 6.18. The van der Waals surface area contributed by atoms with Crippen LogP contribution in [0.5, 0.6) is 0 Å². The first kappa shape index (κ1) is 13.4. The lowest BCUT2D eigenvalue weighted by Crippen LogP contribution is -2.37. The van der Waals surface area contributed by atoms with Crippen molar-refractivity contribution in [1.82, 2.24) is 9.97 Å². The molecule has 1 aromatic heterocycles. The molecule has 0 aliphatic heterocycles. The van der Waals surface area contributed by atoms with Gasteiger partial charge in [0.15, 0.2) is 0 Å². The summed E-state index contributed by atoms with van der Waals surface area (Å²) < 4.78 is 4.93. The number of hydrogen-bond acceptors (Lipinski definition) is 5. The molecule has 1 rings (SSSR count). The third kappa shape index (κ3) is 4.01. The molecule has 0 N–H and O–H groups in total. The van der Waals surface area contributed by atoms with Crippen molar-refractivity contribution >= 4 is 11.9 Å². The molecule has 0 bridgehead atoms. The van der Waals surface area contributed by atoms with Crippen LogP contribution in [0.4, 0.5) is 5.95 Å². The molecule has 5 heteroatoms. The molecule has 1 aromatic rings. The number of aromatic nitrogens is 2. The predicted molar refractivity (Wildman–Crippen MR) is 65.9 cm³/mol. The normalized spacial score (nSPS) is 10.4. The zero-order chi connectivity index (χ0) is 12.8. The summed E-state index contributed by atoms with van der Waals surface area (Å²) in [6.07, 6.45) is 3.48. The average molecular weight is 237 g/mol. The molecule has 0 aromatic carbocycles. The number of nitrogens with zero attached hydrogens (tertiary/aromatic N) is 3. The lowest BCUT2D eigenvalue weighted by molar-refractivity contribution is -0.141. The Labute approximate surface area is 102 Å². The first-order valence-corrected chi connectivity index (χ1v) is 5.75. The summed E-state index contributed by atoms with van der Waals surface area (Å²) in [5.74, 6) is 0.295. The van der Waals surface area contributed by atoms with Crippen LogP contribution in [0.3, 0.4) is 0 Å². The van der Waals surface area contributed by atoms with Gasteiger partial charge < -0.3 is 9.64 Å². The predicted octanol–water partition coefficient (Wildman–Crippen LogP) is 1.56. The van der Waals surface area contributed by atoms with Gasteiger partial charge in [0.05, 0.1) is 6.61 Å². The fraction of sp³-hybridized carbons (Fsp3) is 0.583. The number of aryl methyl sites for hydroxylation is 1. The molecular formula is C12H19N3O2. The van der Waals surface area contributed by atoms with Crippen LogP contribution in [0.25, 0.3) is 0 Å². The Balaban J connectivity index is 2.79. The Kier molecular flexibility index (Phi) is 4.87. The Morgan fingerprint density at radius 1 is 1.41 bits per heavy atom. The molecule has 0 amide bonds. The zero-order valence-electron chi connectivity index (χ0n) is 10.8. The highest BCUT2D eigenvalue weighted by Gasteiger charge is 2.17. The van der Waals surface area contributed by atoms with Gasteiger partial charge >= 0.3 is 5.97 Å². The molecule has 0 aliphatic rings. The summed E-state index contributed by atoms with van der Waals surface area (Å²) in [7, 11) is 0. The molecule has 0 radical (unpaired) electrons. The summed E-state index contributed by atoms with van der Waals surface area (Å²) in [5, 5.41) is 0. The topological polar surface area (TPSA) is 55.3 Å². The summed E-state index contributed by atoms with van der Waals surface area (Å²) in [6, 6.07) is 0.141. The van der Waals surface area contributed by atoms with Gasteiger partial charge in [-0.15, -0.1) is 0 Å². The molecule has 0 aliphatic carbocycles. The smallest absolute Gasteiger partial charge is 0.325 e. The molecule has 5 nitrogen and oxygen atoms in total. The maximum Gasteiger partial charge on any atom is 0.325 e. The fourth-order valence-electron chi connectivity index (χ4n) is 1.36. The summed E-state index contributed by atoms with van der Waals surface area (Å²) >= 11 is 0. The van der Waals surface area contributed by atoms with Crippen LogP contribution in [0, 0.1) is 6.92 Å². The quantitative estimate of drug-likeness (QED) is 0.727. The molecule has 0 saturated heterocycles. The number of carbonyl (C=O) groups excluding carboxylic acids is 1. The first-order valence-electron chi connectivity index (χ1n) is 5.75. The molecule has 0 fully saturated rings. The van der Waals surface area contributed by atoms with Gasteiger partial charge in [-0.1, -0.05) is 0 Å². The van der Waals surface area contributed by atoms with Gasteiger partial charge in [-0.3, -0.25) is 4.79 Å². The van der Waals surface area contributed by atoms with Crippen molar-refractivity contribution in [1.29, 1.82) is 0 Å². The van der Waals surface area contributed by atoms with E-state index in [4.69, 9.17) is 4.74 Å². The van der Waals surface area contributed by atoms with E-state index in [0.29, 0.717) is 12.6 Å². The Hall–Kier alpha value is -1.65. The van der Waals surface area contributed by atoms with Crippen molar-refractivity contribution in [3.8, 4) is 0 Å². The van der Waals surface area contributed by atoms with E-state index < -0.39 is 0 Å². The zero-order valence-corrected chi connectivity index (χ0v) is 10.8. The van der Waals surface area contributed by atoms with E-state index >= 15 is 0 Å². The van der Waals surface area contributed by atoms with Crippen LogP contribution in [0.1, 0.15) is 26.3 Å². The van der Waals surface area contributed by atoms with E-state index in [1.807, 2.05) is 25.7 Å². The highest BCUT2D eigenvalue weighted by molar-refractivity contribution is 5.75. The van der Waals surface area contributed by atoms with Gasteiger partial charge in [0.2, 0.25) is 5.95 Å². The Morgan fingerprint density at radius 3 is 2.47 bits per heavy atom. The van der Waals surface area contributed by atoms with E-state index in [1.165, 1.54) is 0 Å². The third-order valence-electron chi connectivity index (χ3n) is 2.25. The molecule has 0 saturated carbocycles. The van der Waals surface area contributed by atoms with Crippen LogP contribution in [-0.4, -0.2) is 35.1 Å². The number of carbonyl (C=O) groups is 1. The van der Waals surface area contributed by atoms with Crippen LogP contribution >= 0.6 is 0 Å². The summed E-state index contributed by atoms with van der Waals surface area (Å²) in [6.45, 7) is 8.26. The maximum atomic E-state index is 11.5. The van der Waals surface area contributed by atoms with Crippen LogP contribution in [-0.2, 0) is 9.53 Å². The minimum Gasteiger partial charge on any atom is -0.465 e. The van der Waals surface area contributed by atoms with Gasteiger partial charge in [-0.2, -0.15) is 0 Å². The molecule has 0 atom stereocenters. The van der Waals surface area contributed by atoms with Crippen molar-refractivity contribution in [3.05, 3.63) is 18.0 Å². The first-order chi connectivity index (χ1) is 8.04. The van der Waals surface area contributed by atoms with Gasteiger partial charge in [0, 0.05) is 18.4 Å². The SMILES string of the molecule is CCOC(=O)CN(c1ncc(C)cn1)C(C)C. The minimum absolute atomic E-state index is 0.141. The van der Waals surface area contributed by atoms with E-state index in [2.05, 4.69) is 9.97 Å². The van der Waals surface area contributed by atoms with Gasteiger partial charge in [0.1, 0.15) is 6.54 Å².